The summed E-state index contributed by atoms with van der Waals surface area (Å²) in [4.78, 5) is -0.0905. The number of nitrogens with two attached hydrogens (primary N) is 1. The number of hydrogen-bond donors (Lipinski definition) is 2. The summed E-state index contributed by atoms with van der Waals surface area (Å²) in [6.07, 6.45) is 0. The Labute approximate surface area is 125 Å². The Bertz CT molecular complexity index is 847. The fourth-order valence-corrected chi connectivity index (χ4v) is 2.78. The highest BCUT2D eigenvalue weighted by Gasteiger charge is 2.16. The molecule has 21 heavy (non-hydrogen) atoms. The summed E-state index contributed by atoms with van der Waals surface area (Å²) in [7, 11) is -3.91. The van der Waals surface area contributed by atoms with Gasteiger partial charge in [0.1, 0.15) is 11.9 Å². The molecule has 8 heteroatoms. The Morgan fingerprint density at radius 3 is 2.57 bits per heavy atom. The Hall–Kier alpha value is -2.30. The fourth-order valence-electron chi connectivity index (χ4n) is 1.58. The van der Waals surface area contributed by atoms with Gasteiger partial charge in [-0.3, -0.25) is 4.72 Å². The lowest BCUT2D eigenvalue weighted by Crippen LogP contribution is -2.13. The van der Waals surface area contributed by atoms with E-state index in [1.165, 1.54) is 24.3 Å². The molecule has 2 rings (SSSR count). The first-order valence-electron chi connectivity index (χ1n) is 5.61. The summed E-state index contributed by atoms with van der Waals surface area (Å²) in [6, 6.07) is 8.81. The number of rotatable bonds is 3. The van der Waals surface area contributed by atoms with Crippen molar-refractivity contribution in [2.75, 3.05) is 10.5 Å². The van der Waals surface area contributed by atoms with E-state index in [2.05, 4.69) is 4.72 Å². The second-order valence-electron chi connectivity index (χ2n) is 4.10. The van der Waals surface area contributed by atoms with Gasteiger partial charge in [0.15, 0.2) is 0 Å². The maximum Gasteiger partial charge on any atom is 0.261 e. The average molecular weight is 326 g/mol. The third kappa shape index (κ3) is 3.24. The van der Waals surface area contributed by atoms with Crippen molar-refractivity contribution in [1.82, 2.24) is 0 Å². The largest absolute Gasteiger partial charge is 0.397 e. The van der Waals surface area contributed by atoms with E-state index in [-0.39, 0.29) is 26.9 Å². The van der Waals surface area contributed by atoms with Crippen molar-refractivity contribution < 1.29 is 12.8 Å². The molecule has 5 nitrogen and oxygen atoms in total. The summed E-state index contributed by atoms with van der Waals surface area (Å²) in [5.74, 6) is -0.726. The van der Waals surface area contributed by atoms with E-state index in [9.17, 15) is 12.8 Å². The molecular formula is C13H9ClFN3O2S. The molecule has 0 bridgehead atoms. The van der Waals surface area contributed by atoms with E-state index in [1.54, 1.807) is 6.07 Å². The highest BCUT2D eigenvalue weighted by Crippen LogP contribution is 2.24. The molecule has 3 N–H and O–H groups in total. The van der Waals surface area contributed by atoms with Gasteiger partial charge < -0.3 is 5.73 Å². The molecule has 0 fully saturated rings. The van der Waals surface area contributed by atoms with Gasteiger partial charge in [0.25, 0.3) is 10.0 Å². The topological polar surface area (TPSA) is 96.0 Å². The molecule has 108 valence electrons. The van der Waals surface area contributed by atoms with Gasteiger partial charge in [0, 0.05) is 0 Å². The molecule has 0 spiro atoms. The number of sulfonamides is 1. The van der Waals surface area contributed by atoms with Crippen LogP contribution in [0.2, 0.25) is 5.02 Å². The first kappa shape index (κ1) is 15.1. The van der Waals surface area contributed by atoms with Crippen LogP contribution in [0.3, 0.4) is 0 Å². The molecule has 0 aliphatic rings. The summed E-state index contributed by atoms with van der Waals surface area (Å²) < 4.78 is 39.8. The van der Waals surface area contributed by atoms with Crippen molar-refractivity contribution >= 4 is 33.0 Å². The Balaban J connectivity index is 2.37. The molecule has 0 amide bonds. The van der Waals surface area contributed by atoms with Gasteiger partial charge in [0.2, 0.25) is 0 Å². The Morgan fingerprint density at radius 1 is 1.24 bits per heavy atom. The van der Waals surface area contributed by atoms with E-state index in [1.807, 2.05) is 0 Å². The van der Waals surface area contributed by atoms with Crippen LogP contribution in [-0.4, -0.2) is 8.42 Å². The van der Waals surface area contributed by atoms with E-state index in [0.29, 0.717) is 0 Å². The summed E-state index contributed by atoms with van der Waals surface area (Å²) in [5, 5.41) is 8.97. The molecule has 0 heterocycles. The third-order valence-corrected chi connectivity index (χ3v) is 4.34. The van der Waals surface area contributed by atoms with Crippen LogP contribution in [0.15, 0.2) is 41.3 Å². The number of hydrogen-bond acceptors (Lipinski definition) is 4. The zero-order valence-electron chi connectivity index (χ0n) is 10.5. The van der Waals surface area contributed by atoms with Gasteiger partial charge >= 0.3 is 0 Å². The minimum atomic E-state index is -3.91. The van der Waals surface area contributed by atoms with Crippen LogP contribution in [0, 0.1) is 17.1 Å². The van der Waals surface area contributed by atoms with Crippen molar-refractivity contribution in [2.45, 2.75) is 4.90 Å². The summed E-state index contributed by atoms with van der Waals surface area (Å²) >= 11 is 5.73. The van der Waals surface area contributed by atoms with Crippen LogP contribution in [-0.2, 0) is 10.0 Å². The number of anilines is 2. The van der Waals surface area contributed by atoms with Crippen LogP contribution in [0.1, 0.15) is 5.56 Å². The smallest absolute Gasteiger partial charge is 0.261 e. The molecule has 0 aliphatic heterocycles. The first-order chi connectivity index (χ1) is 9.83. The quantitative estimate of drug-likeness (QED) is 0.848. The molecule has 0 radical (unpaired) electrons. The van der Waals surface area contributed by atoms with Crippen molar-refractivity contribution in [3.63, 3.8) is 0 Å². The zero-order chi connectivity index (χ0) is 15.6. The molecule has 0 saturated carbocycles. The lowest BCUT2D eigenvalue weighted by molar-refractivity contribution is 0.601. The molecule has 0 unspecified atom stereocenters. The second-order valence-corrected chi connectivity index (χ2v) is 6.18. The highest BCUT2D eigenvalue weighted by atomic mass is 35.5. The molecule has 0 aliphatic carbocycles. The Morgan fingerprint density at radius 2 is 1.95 bits per heavy atom. The highest BCUT2D eigenvalue weighted by molar-refractivity contribution is 7.92. The number of nitrogens with zero attached hydrogens (tertiary/aromatic N) is 1. The predicted octanol–water partition coefficient (Wildman–Crippen LogP) is 2.73. The monoisotopic (exact) mass is 325 g/mol. The molecule has 0 aromatic heterocycles. The third-order valence-electron chi connectivity index (χ3n) is 2.62. The number of halogens is 2. The van der Waals surface area contributed by atoms with Crippen molar-refractivity contribution in [2.24, 2.45) is 0 Å². The van der Waals surface area contributed by atoms with Crippen LogP contribution in [0.5, 0.6) is 0 Å². The Kier molecular flexibility index (Phi) is 4.02. The van der Waals surface area contributed by atoms with Gasteiger partial charge in [-0.25, -0.2) is 12.8 Å². The molecule has 2 aromatic carbocycles. The predicted molar refractivity (Wildman–Crippen MR) is 77.8 cm³/mol. The van der Waals surface area contributed by atoms with Gasteiger partial charge in [0.05, 0.1) is 26.9 Å². The number of nitrogen functional groups attached to an aromatic ring is 1. The maximum atomic E-state index is 13.2. The van der Waals surface area contributed by atoms with E-state index >= 15 is 0 Å². The van der Waals surface area contributed by atoms with Crippen molar-refractivity contribution in [3.05, 3.63) is 52.8 Å². The van der Waals surface area contributed by atoms with Crippen molar-refractivity contribution in [1.29, 1.82) is 5.26 Å². The molecule has 2 aromatic rings. The van der Waals surface area contributed by atoms with Gasteiger partial charge in [-0.05, 0) is 36.4 Å². The number of nitriles is 1. The standard InChI is InChI=1S/C13H9ClFN3O2S/c14-11-3-2-10(6-13(11)17)21(19,20)18-9-1-4-12(15)8(5-9)7-16/h1-6,18H,17H2. The minimum absolute atomic E-state index is 0.0708. The van der Waals surface area contributed by atoms with Crippen molar-refractivity contribution in [3.8, 4) is 6.07 Å². The van der Waals surface area contributed by atoms with Crippen LogP contribution in [0.25, 0.3) is 0 Å². The second kappa shape index (κ2) is 5.60. The van der Waals surface area contributed by atoms with E-state index in [0.717, 1.165) is 12.1 Å². The average Bonchev–Trinajstić information content (AvgIpc) is 2.43. The lowest BCUT2D eigenvalue weighted by Gasteiger charge is -2.09. The molecule has 0 saturated heterocycles. The summed E-state index contributed by atoms with van der Waals surface area (Å²) in [6.45, 7) is 0. The zero-order valence-corrected chi connectivity index (χ0v) is 12.0. The van der Waals surface area contributed by atoms with Crippen LogP contribution < -0.4 is 10.5 Å². The first-order valence-corrected chi connectivity index (χ1v) is 7.47. The van der Waals surface area contributed by atoms with E-state index in [4.69, 9.17) is 22.6 Å². The number of nitrogens with one attached hydrogen (secondary N) is 1. The number of benzene rings is 2. The van der Waals surface area contributed by atoms with Crippen LogP contribution in [0.4, 0.5) is 15.8 Å². The lowest BCUT2D eigenvalue weighted by atomic mass is 10.2. The van der Waals surface area contributed by atoms with Gasteiger partial charge in [-0.15, -0.1) is 0 Å². The molecular weight excluding hydrogens is 317 g/mol. The minimum Gasteiger partial charge on any atom is -0.397 e. The van der Waals surface area contributed by atoms with Crippen LogP contribution >= 0.6 is 11.6 Å². The normalized spacial score (nSPS) is 10.9. The fraction of sp³-hybridized carbons (Fsp3) is 0. The van der Waals surface area contributed by atoms with E-state index < -0.39 is 15.8 Å². The summed E-state index contributed by atoms with van der Waals surface area (Å²) in [5.41, 5.74) is 5.49. The van der Waals surface area contributed by atoms with Gasteiger partial charge in [-0.1, -0.05) is 11.6 Å². The SMILES string of the molecule is N#Cc1cc(NS(=O)(=O)c2ccc(Cl)c(N)c2)ccc1F. The maximum absolute atomic E-state index is 13.2. The molecule has 0 atom stereocenters. The van der Waals surface area contributed by atoms with Gasteiger partial charge in [-0.2, -0.15) is 5.26 Å².